The minimum atomic E-state index is -1.90. The summed E-state index contributed by atoms with van der Waals surface area (Å²) in [6.07, 6.45) is 0.606. The van der Waals surface area contributed by atoms with Crippen LogP contribution >= 0.6 is 46.4 Å². The van der Waals surface area contributed by atoms with Crippen molar-refractivity contribution in [3.63, 3.8) is 0 Å². The minimum absolute atomic E-state index is 0.0257. The number of carboxylic acids is 1. The van der Waals surface area contributed by atoms with Crippen LogP contribution in [0.1, 0.15) is 45.1 Å². The highest BCUT2D eigenvalue weighted by molar-refractivity contribution is 6.48. The molecule has 0 aromatic heterocycles. The van der Waals surface area contributed by atoms with Gasteiger partial charge in [0.05, 0.1) is 32.6 Å². The van der Waals surface area contributed by atoms with Gasteiger partial charge >= 0.3 is 5.97 Å². The van der Waals surface area contributed by atoms with Gasteiger partial charge in [0.2, 0.25) is 17.5 Å². The van der Waals surface area contributed by atoms with E-state index in [9.17, 15) is 37.1 Å². The Kier molecular flexibility index (Phi) is 11.9. The first-order chi connectivity index (χ1) is 20.1. The van der Waals surface area contributed by atoms with Gasteiger partial charge in [-0.1, -0.05) is 60.3 Å². The van der Waals surface area contributed by atoms with E-state index in [0.717, 1.165) is 0 Å². The number of carbonyl (C=O) groups is 3. The molecule has 1 saturated heterocycles. The fourth-order valence-corrected chi connectivity index (χ4v) is 5.61. The van der Waals surface area contributed by atoms with E-state index >= 15 is 0 Å². The lowest BCUT2D eigenvalue weighted by molar-refractivity contribution is -0.143. The smallest absolute Gasteiger partial charge is 0.305 e. The third-order valence-electron chi connectivity index (χ3n) is 6.64. The van der Waals surface area contributed by atoms with Crippen LogP contribution in [0.4, 0.5) is 17.6 Å². The quantitative estimate of drug-likeness (QED) is 0.174. The van der Waals surface area contributed by atoms with Crippen molar-refractivity contribution in [3.05, 3.63) is 61.1 Å². The van der Waals surface area contributed by atoms with Gasteiger partial charge < -0.3 is 19.9 Å². The van der Waals surface area contributed by atoms with E-state index in [4.69, 9.17) is 51.1 Å². The summed E-state index contributed by atoms with van der Waals surface area (Å²) in [5.74, 6) is -12.9. The molecular formula is C27H26Cl4F4N2O6. The molecule has 1 amide bonds. The summed E-state index contributed by atoms with van der Waals surface area (Å²) in [4.78, 5) is 37.9. The van der Waals surface area contributed by atoms with Crippen LogP contribution in [-0.4, -0.2) is 48.1 Å². The lowest BCUT2D eigenvalue weighted by atomic mass is 9.90. The van der Waals surface area contributed by atoms with E-state index in [1.807, 2.05) is 0 Å². The largest absolute Gasteiger partial charge is 0.481 e. The van der Waals surface area contributed by atoms with Gasteiger partial charge in [-0.05, 0) is 31.2 Å². The van der Waals surface area contributed by atoms with E-state index in [1.165, 1.54) is 6.07 Å². The van der Waals surface area contributed by atoms with Crippen LogP contribution in [0.2, 0.25) is 20.1 Å². The normalized spacial score (nSPS) is 18.3. The first kappa shape index (κ1) is 35.1. The molecule has 1 aliphatic heterocycles. The fourth-order valence-electron chi connectivity index (χ4n) is 4.49. The van der Waals surface area contributed by atoms with Crippen LogP contribution in [0.15, 0.2) is 12.1 Å². The number of ether oxygens (including phenoxy) is 2. The topological polar surface area (TPSA) is 114 Å². The standard InChI is InChI=1S/C27H26Cl4F4N2O6/c1-11(2)24(37-27(5-3-4-6-43-27)19-20(30)12(28)7-13(29)21(19)31)26(41)36-16(9-18(39)40)17(38)10-42-25-22(34)14(32)8-15(33)23(25)35/h7-8,11,16,24,37H,3-6,9-10H2,1-2H3,(H,36,41)(H,39,40)/t16-,24-,27?/m0/s1. The molecule has 0 bridgehead atoms. The predicted molar refractivity (Wildman–Crippen MR) is 151 cm³/mol. The molecule has 2 aromatic carbocycles. The van der Waals surface area contributed by atoms with Gasteiger partial charge in [-0.25, -0.2) is 8.78 Å². The van der Waals surface area contributed by atoms with Crippen molar-refractivity contribution >= 4 is 64.1 Å². The van der Waals surface area contributed by atoms with Crippen molar-refractivity contribution in [1.82, 2.24) is 10.6 Å². The molecule has 3 atom stereocenters. The molecule has 16 heteroatoms. The van der Waals surface area contributed by atoms with Crippen molar-refractivity contribution < 1.29 is 46.5 Å². The lowest BCUT2D eigenvalue weighted by Crippen LogP contribution is -2.60. The third kappa shape index (κ3) is 8.03. The molecule has 236 valence electrons. The van der Waals surface area contributed by atoms with Crippen LogP contribution < -0.4 is 15.4 Å². The number of aliphatic carboxylic acids is 1. The van der Waals surface area contributed by atoms with E-state index in [-0.39, 0.29) is 44.7 Å². The Morgan fingerprint density at radius 2 is 1.58 bits per heavy atom. The summed E-state index contributed by atoms with van der Waals surface area (Å²) in [5.41, 5.74) is -1.29. The second-order valence-electron chi connectivity index (χ2n) is 10.1. The summed E-state index contributed by atoms with van der Waals surface area (Å²) in [6, 6.07) is -1.64. The van der Waals surface area contributed by atoms with Gasteiger partial charge in [-0.15, -0.1) is 0 Å². The molecule has 0 aliphatic carbocycles. The number of hydrogen-bond donors (Lipinski definition) is 3. The number of nitrogens with one attached hydrogen (secondary N) is 2. The van der Waals surface area contributed by atoms with Crippen LogP contribution in [0.3, 0.4) is 0 Å². The molecule has 1 heterocycles. The summed E-state index contributed by atoms with van der Waals surface area (Å²) in [7, 11) is 0. The van der Waals surface area contributed by atoms with Crippen molar-refractivity contribution in [1.29, 1.82) is 0 Å². The molecule has 43 heavy (non-hydrogen) atoms. The van der Waals surface area contributed by atoms with Gasteiger partial charge in [0.15, 0.2) is 23.2 Å². The molecular weight excluding hydrogens is 666 g/mol. The van der Waals surface area contributed by atoms with Gasteiger partial charge in [-0.2, -0.15) is 8.78 Å². The van der Waals surface area contributed by atoms with E-state index < -0.39 is 83.4 Å². The molecule has 0 radical (unpaired) electrons. The number of rotatable bonds is 12. The van der Waals surface area contributed by atoms with Crippen LogP contribution in [0.25, 0.3) is 0 Å². The maximum atomic E-state index is 14.0. The molecule has 1 aliphatic rings. The number of Topliss-reactive ketones (excluding diaryl/α,β-unsaturated/α-hetero) is 1. The molecule has 8 nitrogen and oxygen atoms in total. The van der Waals surface area contributed by atoms with E-state index in [1.54, 1.807) is 13.8 Å². The molecule has 1 fully saturated rings. The minimum Gasteiger partial charge on any atom is -0.481 e. The average molecular weight is 692 g/mol. The number of carboxylic acid groups (broad SMARTS) is 1. The monoisotopic (exact) mass is 690 g/mol. The predicted octanol–water partition coefficient (Wildman–Crippen LogP) is 6.43. The number of halogens is 8. The van der Waals surface area contributed by atoms with Gasteiger partial charge in [0.25, 0.3) is 0 Å². The number of ketones is 1. The van der Waals surface area contributed by atoms with Gasteiger partial charge in [0, 0.05) is 18.2 Å². The Morgan fingerprint density at radius 1 is 1.00 bits per heavy atom. The molecule has 1 unspecified atom stereocenters. The van der Waals surface area contributed by atoms with Crippen molar-refractivity contribution in [2.24, 2.45) is 5.92 Å². The maximum Gasteiger partial charge on any atom is 0.305 e. The zero-order chi connectivity index (χ0) is 32.2. The Bertz CT molecular complexity index is 1360. The maximum absolute atomic E-state index is 14.0. The van der Waals surface area contributed by atoms with Crippen molar-refractivity contribution in [2.75, 3.05) is 13.2 Å². The zero-order valence-electron chi connectivity index (χ0n) is 22.6. The van der Waals surface area contributed by atoms with Crippen LogP contribution in [-0.2, 0) is 24.8 Å². The van der Waals surface area contributed by atoms with Gasteiger partial charge in [-0.3, -0.25) is 19.7 Å². The Balaban J connectivity index is 1.90. The first-order valence-corrected chi connectivity index (χ1v) is 14.4. The highest BCUT2D eigenvalue weighted by Gasteiger charge is 2.44. The van der Waals surface area contributed by atoms with Gasteiger partial charge in [0.1, 0.15) is 18.4 Å². The summed E-state index contributed by atoms with van der Waals surface area (Å²) >= 11 is 25.6. The first-order valence-electron chi connectivity index (χ1n) is 12.8. The SMILES string of the molecule is CC(C)[C@H](NC1(c2c(Cl)c(Cl)cc(Cl)c2Cl)CCCCO1)C(=O)N[C@@H](CC(=O)O)C(=O)COc1c(F)c(F)cc(F)c1F. The Hall–Kier alpha value is -2.35. The molecule has 0 saturated carbocycles. The van der Waals surface area contributed by atoms with E-state index in [0.29, 0.717) is 12.8 Å². The average Bonchev–Trinajstić information content (AvgIpc) is 2.93. The molecule has 3 rings (SSSR count). The second kappa shape index (κ2) is 14.6. The zero-order valence-corrected chi connectivity index (χ0v) is 25.7. The second-order valence-corrected chi connectivity index (χ2v) is 11.6. The number of carbonyl (C=O) groups excluding carboxylic acids is 2. The van der Waals surface area contributed by atoms with Crippen molar-refractivity contribution in [2.45, 2.75) is 57.3 Å². The number of amides is 1. The third-order valence-corrected chi connectivity index (χ3v) is 8.21. The number of hydrogen-bond acceptors (Lipinski definition) is 6. The molecule has 3 N–H and O–H groups in total. The fraction of sp³-hybridized carbons (Fsp3) is 0.444. The highest BCUT2D eigenvalue weighted by Crippen LogP contribution is 2.46. The molecule has 2 aromatic rings. The van der Waals surface area contributed by atoms with Crippen molar-refractivity contribution in [3.8, 4) is 5.75 Å². The Morgan fingerprint density at radius 3 is 2.07 bits per heavy atom. The van der Waals surface area contributed by atoms with Crippen LogP contribution in [0, 0.1) is 29.2 Å². The summed E-state index contributed by atoms with van der Waals surface area (Å²) < 4.78 is 65.8. The summed E-state index contributed by atoms with van der Waals surface area (Å²) in [5, 5.41) is 15.0. The Labute approximate surface area is 263 Å². The van der Waals surface area contributed by atoms with E-state index in [2.05, 4.69) is 15.4 Å². The highest BCUT2D eigenvalue weighted by atomic mass is 35.5. The lowest BCUT2D eigenvalue weighted by Gasteiger charge is -2.43. The molecule has 0 spiro atoms. The number of benzene rings is 2. The summed E-state index contributed by atoms with van der Waals surface area (Å²) in [6.45, 7) is 2.32. The van der Waals surface area contributed by atoms with Crippen LogP contribution in [0.5, 0.6) is 5.75 Å².